The van der Waals surface area contributed by atoms with Crippen LogP contribution in [0.3, 0.4) is 0 Å². The highest BCUT2D eigenvalue weighted by Gasteiger charge is 2.08. The minimum absolute atomic E-state index is 0.0424. The Morgan fingerprint density at radius 1 is 1.58 bits per heavy atom. The highest BCUT2D eigenvalue weighted by Crippen LogP contribution is 1.95. The van der Waals surface area contributed by atoms with Gasteiger partial charge in [0.25, 0.3) is 0 Å². The summed E-state index contributed by atoms with van der Waals surface area (Å²) in [5, 5.41) is 17.1. The van der Waals surface area contributed by atoms with Gasteiger partial charge in [0.15, 0.2) is 0 Å². The van der Waals surface area contributed by atoms with E-state index < -0.39 is 5.97 Å². The second-order valence-electron chi connectivity index (χ2n) is 2.50. The lowest BCUT2D eigenvalue weighted by atomic mass is 10.3. The summed E-state index contributed by atoms with van der Waals surface area (Å²) in [6.07, 6.45) is 0. The molecule has 0 saturated heterocycles. The summed E-state index contributed by atoms with van der Waals surface area (Å²) >= 11 is 0. The molecular weight excluding hydrogens is 158 g/mol. The van der Waals surface area contributed by atoms with Crippen LogP contribution in [-0.4, -0.2) is 47.3 Å². The molecule has 4 nitrogen and oxygen atoms in total. The third-order valence-corrected chi connectivity index (χ3v) is 1.58. The molecule has 0 unspecified atom stereocenters. The number of carboxylic acids is 1. The van der Waals surface area contributed by atoms with Crippen molar-refractivity contribution >= 4 is 5.97 Å². The first-order valence-electron chi connectivity index (χ1n) is 3.86. The molecule has 0 aromatic carbocycles. The molecule has 0 amide bonds. The van der Waals surface area contributed by atoms with Crippen LogP contribution in [0.25, 0.3) is 0 Å². The van der Waals surface area contributed by atoms with Gasteiger partial charge in [-0.1, -0.05) is 13.5 Å². The predicted molar refractivity (Wildman–Crippen MR) is 46.0 cm³/mol. The first-order valence-corrected chi connectivity index (χ1v) is 3.86. The highest BCUT2D eigenvalue weighted by molar-refractivity contribution is 5.86. The van der Waals surface area contributed by atoms with Gasteiger partial charge >= 0.3 is 5.97 Å². The fourth-order valence-electron chi connectivity index (χ4n) is 0.828. The van der Waals surface area contributed by atoms with Crippen LogP contribution in [0.2, 0.25) is 0 Å². The third-order valence-electron chi connectivity index (χ3n) is 1.58. The van der Waals surface area contributed by atoms with E-state index in [9.17, 15) is 4.79 Å². The largest absolute Gasteiger partial charge is 0.478 e. The molecule has 0 rings (SSSR count). The summed E-state index contributed by atoms with van der Waals surface area (Å²) in [6, 6.07) is 0. The number of carbonyl (C=O) groups is 1. The van der Waals surface area contributed by atoms with E-state index in [2.05, 4.69) is 6.58 Å². The summed E-state index contributed by atoms with van der Waals surface area (Å²) in [4.78, 5) is 12.2. The average Bonchev–Trinajstić information content (AvgIpc) is 2.03. The maximum absolute atomic E-state index is 10.4. The van der Waals surface area contributed by atoms with Gasteiger partial charge < -0.3 is 10.2 Å². The van der Waals surface area contributed by atoms with Gasteiger partial charge in [-0.15, -0.1) is 0 Å². The van der Waals surface area contributed by atoms with E-state index >= 15 is 0 Å². The molecule has 0 aliphatic rings. The van der Waals surface area contributed by atoms with Crippen molar-refractivity contribution in [2.75, 3.05) is 26.2 Å². The Morgan fingerprint density at radius 2 is 2.17 bits per heavy atom. The van der Waals surface area contributed by atoms with Crippen LogP contribution in [0, 0.1) is 0 Å². The predicted octanol–water partition coefficient (Wildman–Crippen LogP) is -0.0586. The fourth-order valence-corrected chi connectivity index (χ4v) is 0.828. The van der Waals surface area contributed by atoms with Gasteiger partial charge in [0.1, 0.15) is 0 Å². The van der Waals surface area contributed by atoms with Crippen molar-refractivity contribution in [3.8, 4) is 0 Å². The molecule has 0 bridgehead atoms. The third kappa shape index (κ3) is 4.10. The molecular formula is C8H15NO3. The van der Waals surface area contributed by atoms with Gasteiger partial charge in [-0.2, -0.15) is 0 Å². The average molecular weight is 173 g/mol. The van der Waals surface area contributed by atoms with Gasteiger partial charge in [0.2, 0.25) is 0 Å². The zero-order valence-corrected chi connectivity index (χ0v) is 7.29. The number of rotatable bonds is 6. The number of likely N-dealkylation sites (N-methyl/N-ethyl adjacent to an activating group) is 1. The first kappa shape index (κ1) is 11.1. The number of aliphatic hydroxyl groups excluding tert-OH is 1. The zero-order chi connectivity index (χ0) is 9.56. The smallest absolute Gasteiger partial charge is 0.332 e. The normalized spacial score (nSPS) is 10.2. The molecule has 0 saturated carbocycles. The second kappa shape index (κ2) is 5.74. The topological polar surface area (TPSA) is 60.8 Å². The summed E-state index contributed by atoms with van der Waals surface area (Å²) < 4.78 is 0. The Morgan fingerprint density at radius 3 is 2.50 bits per heavy atom. The molecule has 2 N–H and O–H groups in total. The Kier molecular flexibility index (Phi) is 5.32. The van der Waals surface area contributed by atoms with Crippen LogP contribution >= 0.6 is 0 Å². The standard InChI is InChI=1S/C8H15NO3/c1-3-9(4-5-10)6-7(2)8(11)12/h10H,2-6H2,1H3,(H,11,12). The van der Waals surface area contributed by atoms with E-state index in [1.807, 2.05) is 11.8 Å². The summed E-state index contributed by atoms with van der Waals surface area (Å²) in [5.74, 6) is -0.980. The van der Waals surface area contributed by atoms with Crippen LogP contribution < -0.4 is 0 Å². The van der Waals surface area contributed by atoms with Gasteiger partial charge in [0.05, 0.1) is 6.61 Å². The van der Waals surface area contributed by atoms with Gasteiger partial charge in [-0.05, 0) is 6.54 Å². The second-order valence-corrected chi connectivity index (χ2v) is 2.50. The molecule has 70 valence electrons. The van der Waals surface area contributed by atoms with E-state index in [0.29, 0.717) is 19.6 Å². The number of aliphatic carboxylic acids is 1. The van der Waals surface area contributed by atoms with Gasteiger partial charge in [-0.3, -0.25) is 4.90 Å². The maximum Gasteiger partial charge on any atom is 0.332 e. The monoisotopic (exact) mass is 173 g/mol. The molecule has 0 aliphatic carbocycles. The Labute approximate surface area is 72.1 Å². The molecule has 4 heteroatoms. The van der Waals surface area contributed by atoms with Crippen LogP contribution in [0.5, 0.6) is 0 Å². The van der Waals surface area contributed by atoms with Crippen LogP contribution in [-0.2, 0) is 4.79 Å². The van der Waals surface area contributed by atoms with Crippen molar-refractivity contribution in [2.24, 2.45) is 0 Å². The molecule has 0 atom stereocenters. The molecule has 0 fully saturated rings. The van der Waals surface area contributed by atoms with Crippen molar-refractivity contribution in [3.63, 3.8) is 0 Å². The van der Waals surface area contributed by atoms with Crippen molar-refractivity contribution in [1.29, 1.82) is 0 Å². The minimum Gasteiger partial charge on any atom is -0.478 e. The number of carboxylic acid groups (broad SMARTS) is 1. The lowest BCUT2D eigenvalue weighted by Crippen LogP contribution is -2.30. The first-order chi connectivity index (χ1) is 5.61. The van der Waals surface area contributed by atoms with Crippen LogP contribution in [0.1, 0.15) is 6.92 Å². The van der Waals surface area contributed by atoms with E-state index in [1.54, 1.807) is 0 Å². The fraction of sp³-hybridized carbons (Fsp3) is 0.625. The van der Waals surface area contributed by atoms with Gasteiger partial charge in [-0.25, -0.2) is 4.79 Å². The number of hydrogen-bond donors (Lipinski definition) is 2. The van der Waals surface area contributed by atoms with Crippen molar-refractivity contribution in [3.05, 3.63) is 12.2 Å². The molecule has 0 aromatic heterocycles. The molecule has 0 spiro atoms. The quantitative estimate of drug-likeness (QED) is 0.552. The van der Waals surface area contributed by atoms with Crippen molar-refractivity contribution in [2.45, 2.75) is 6.92 Å². The van der Waals surface area contributed by atoms with Crippen LogP contribution in [0.4, 0.5) is 0 Å². The summed E-state index contributed by atoms with van der Waals surface area (Å²) in [5.41, 5.74) is 0.158. The lowest BCUT2D eigenvalue weighted by Gasteiger charge is -2.18. The maximum atomic E-state index is 10.4. The van der Waals surface area contributed by atoms with E-state index in [4.69, 9.17) is 10.2 Å². The zero-order valence-electron chi connectivity index (χ0n) is 7.29. The Hall–Kier alpha value is -0.870. The number of hydrogen-bond acceptors (Lipinski definition) is 3. The Balaban J connectivity index is 3.85. The Bertz CT molecular complexity index is 168. The molecule has 0 aliphatic heterocycles. The van der Waals surface area contributed by atoms with Gasteiger partial charge in [0, 0.05) is 18.7 Å². The summed E-state index contributed by atoms with van der Waals surface area (Å²) in [6.45, 7) is 6.87. The van der Waals surface area contributed by atoms with Crippen molar-refractivity contribution in [1.82, 2.24) is 4.90 Å². The van der Waals surface area contributed by atoms with Crippen LogP contribution in [0.15, 0.2) is 12.2 Å². The summed E-state index contributed by atoms with van der Waals surface area (Å²) in [7, 11) is 0. The molecule has 0 aromatic rings. The lowest BCUT2D eigenvalue weighted by molar-refractivity contribution is -0.132. The van der Waals surface area contributed by atoms with Crippen molar-refractivity contribution < 1.29 is 15.0 Å². The number of nitrogens with zero attached hydrogens (tertiary/aromatic N) is 1. The van der Waals surface area contributed by atoms with E-state index in [0.717, 1.165) is 0 Å². The highest BCUT2D eigenvalue weighted by atomic mass is 16.4. The number of aliphatic hydroxyl groups is 1. The molecule has 12 heavy (non-hydrogen) atoms. The SMILES string of the molecule is C=C(CN(CC)CCO)C(=O)O. The molecule has 0 radical (unpaired) electrons. The van der Waals surface area contributed by atoms with E-state index in [1.165, 1.54) is 0 Å². The molecule has 0 heterocycles. The van der Waals surface area contributed by atoms with E-state index in [-0.39, 0.29) is 12.2 Å². The minimum atomic E-state index is -0.980.